The van der Waals surface area contributed by atoms with Crippen LogP contribution in [0.25, 0.3) is 0 Å². The molecule has 1 unspecified atom stereocenters. The number of aryl methyl sites for hydroxylation is 1. The standard InChI is InChI=1S/C14H19N3O/c1-3-9-17-10-8-16-14(17)13(15)11-6-4-5-7-12(11)18-2/h4-8,10,13H,3,9,15H2,1-2H3. The molecule has 18 heavy (non-hydrogen) atoms. The van der Waals surface area contributed by atoms with Crippen LogP contribution in [0.4, 0.5) is 0 Å². The Balaban J connectivity index is 2.35. The number of nitrogens with two attached hydrogens (primary N) is 1. The summed E-state index contributed by atoms with van der Waals surface area (Å²) >= 11 is 0. The smallest absolute Gasteiger partial charge is 0.130 e. The molecule has 0 spiro atoms. The van der Waals surface area contributed by atoms with Gasteiger partial charge in [-0.25, -0.2) is 4.98 Å². The first kappa shape index (κ1) is 12.6. The molecular formula is C14H19N3O. The predicted molar refractivity (Wildman–Crippen MR) is 71.5 cm³/mol. The van der Waals surface area contributed by atoms with E-state index in [9.17, 15) is 0 Å². The van der Waals surface area contributed by atoms with Gasteiger partial charge < -0.3 is 15.0 Å². The Morgan fingerprint density at radius 1 is 1.39 bits per heavy atom. The Hall–Kier alpha value is -1.81. The van der Waals surface area contributed by atoms with Crippen LogP contribution in [0.2, 0.25) is 0 Å². The second-order valence-corrected chi connectivity index (χ2v) is 4.20. The van der Waals surface area contributed by atoms with E-state index in [1.165, 1.54) is 0 Å². The number of hydrogen-bond donors (Lipinski definition) is 1. The van der Waals surface area contributed by atoms with Gasteiger partial charge in [-0.05, 0) is 12.5 Å². The maximum Gasteiger partial charge on any atom is 0.130 e. The fraction of sp³-hybridized carbons (Fsp3) is 0.357. The minimum Gasteiger partial charge on any atom is -0.496 e. The number of nitrogens with zero attached hydrogens (tertiary/aromatic N) is 2. The third-order valence-electron chi connectivity index (χ3n) is 2.96. The zero-order valence-electron chi connectivity index (χ0n) is 10.8. The fourth-order valence-electron chi connectivity index (χ4n) is 2.09. The Kier molecular flexibility index (Phi) is 3.99. The molecule has 2 rings (SSSR count). The average molecular weight is 245 g/mol. The first-order chi connectivity index (χ1) is 8.77. The first-order valence-corrected chi connectivity index (χ1v) is 6.17. The summed E-state index contributed by atoms with van der Waals surface area (Å²) in [5, 5.41) is 0. The number of ether oxygens (including phenoxy) is 1. The molecule has 96 valence electrons. The predicted octanol–water partition coefficient (Wildman–Crippen LogP) is 2.35. The van der Waals surface area contributed by atoms with Crippen LogP contribution in [0.15, 0.2) is 36.7 Å². The van der Waals surface area contributed by atoms with Gasteiger partial charge >= 0.3 is 0 Å². The van der Waals surface area contributed by atoms with Crippen molar-refractivity contribution in [2.75, 3.05) is 7.11 Å². The van der Waals surface area contributed by atoms with E-state index in [-0.39, 0.29) is 6.04 Å². The Bertz CT molecular complexity index is 507. The zero-order chi connectivity index (χ0) is 13.0. The van der Waals surface area contributed by atoms with Crippen LogP contribution in [0, 0.1) is 0 Å². The highest BCUT2D eigenvalue weighted by Crippen LogP contribution is 2.27. The number of aromatic nitrogens is 2. The van der Waals surface area contributed by atoms with Crippen molar-refractivity contribution >= 4 is 0 Å². The van der Waals surface area contributed by atoms with E-state index in [1.54, 1.807) is 13.3 Å². The highest BCUT2D eigenvalue weighted by molar-refractivity contribution is 5.38. The molecule has 1 heterocycles. The monoisotopic (exact) mass is 245 g/mol. The van der Waals surface area contributed by atoms with E-state index in [4.69, 9.17) is 10.5 Å². The molecule has 0 aliphatic rings. The number of imidazole rings is 1. The second kappa shape index (κ2) is 5.69. The molecule has 1 aromatic heterocycles. The van der Waals surface area contributed by atoms with Crippen molar-refractivity contribution < 1.29 is 4.74 Å². The van der Waals surface area contributed by atoms with E-state index < -0.39 is 0 Å². The van der Waals surface area contributed by atoms with Gasteiger partial charge in [0.05, 0.1) is 13.2 Å². The van der Waals surface area contributed by atoms with Crippen molar-refractivity contribution in [1.82, 2.24) is 9.55 Å². The van der Waals surface area contributed by atoms with Crippen LogP contribution >= 0.6 is 0 Å². The molecule has 1 aromatic carbocycles. The molecule has 0 radical (unpaired) electrons. The molecule has 0 aliphatic heterocycles. The van der Waals surface area contributed by atoms with Crippen LogP contribution in [0.1, 0.15) is 30.8 Å². The van der Waals surface area contributed by atoms with Crippen molar-refractivity contribution in [3.8, 4) is 5.75 Å². The lowest BCUT2D eigenvalue weighted by molar-refractivity contribution is 0.406. The van der Waals surface area contributed by atoms with Gasteiger partial charge in [0.15, 0.2) is 0 Å². The number of methoxy groups -OCH3 is 1. The highest BCUT2D eigenvalue weighted by Gasteiger charge is 2.17. The van der Waals surface area contributed by atoms with E-state index in [2.05, 4.69) is 16.5 Å². The van der Waals surface area contributed by atoms with Gasteiger partial charge in [0.1, 0.15) is 11.6 Å². The summed E-state index contributed by atoms with van der Waals surface area (Å²) in [6.45, 7) is 3.07. The van der Waals surface area contributed by atoms with Crippen LogP contribution in [-0.4, -0.2) is 16.7 Å². The normalized spacial score (nSPS) is 12.4. The van der Waals surface area contributed by atoms with E-state index in [1.807, 2.05) is 30.5 Å². The quantitative estimate of drug-likeness (QED) is 0.879. The summed E-state index contributed by atoms with van der Waals surface area (Å²) in [5.74, 6) is 1.68. The SMILES string of the molecule is CCCn1ccnc1C(N)c1ccccc1OC. The topological polar surface area (TPSA) is 53.1 Å². The van der Waals surface area contributed by atoms with E-state index in [0.29, 0.717) is 0 Å². The van der Waals surface area contributed by atoms with Crippen LogP contribution < -0.4 is 10.5 Å². The molecule has 0 saturated heterocycles. The van der Waals surface area contributed by atoms with Crippen molar-refractivity contribution in [1.29, 1.82) is 0 Å². The number of benzene rings is 1. The summed E-state index contributed by atoms with van der Waals surface area (Å²) in [5.41, 5.74) is 7.27. The summed E-state index contributed by atoms with van der Waals surface area (Å²) in [7, 11) is 1.66. The molecule has 2 N–H and O–H groups in total. The minimum absolute atomic E-state index is 0.261. The molecular weight excluding hydrogens is 226 g/mol. The van der Waals surface area contributed by atoms with Crippen LogP contribution in [0.5, 0.6) is 5.75 Å². The number of rotatable bonds is 5. The summed E-state index contributed by atoms with van der Waals surface area (Å²) in [6, 6.07) is 7.54. The van der Waals surface area contributed by atoms with E-state index >= 15 is 0 Å². The summed E-state index contributed by atoms with van der Waals surface area (Å²) in [4.78, 5) is 4.37. The van der Waals surface area contributed by atoms with E-state index in [0.717, 1.165) is 30.1 Å². The molecule has 4 nitrogen and oxygen atoms in total. The number of para-hydroxylation sites is 1. The molecule has 0 bridgehead atoms. The largest absolute Gasteiger partial charge is 0.496 e. The molecule has 4 heteroatoms. The Labute approximate surface area is 107 Å². The fourth-order valence-corrected chi connectivity index (χ4v) is 2.09. The van der Waals surface area contributed by atoms with Gasteiger partial charge in [-0.3, -0.25) is 0 Å². The number of hydrogen-bond acceptors (Lipinski definition) is 3. The van der Waals surface area contributed by atoms with Gasteiger partial charge in [-0.1, -0.05) is 25.1 Å². The Morgan fingerprint density at radius 2 is 2.17 bits per heavy atom. The summed E-state index contributed by atoms with van der Waals surface area (Å²) < 4.78 is 7.44. The second-order valence-electron chi connectivity index (χ2n) is 4.20. The summed E-state index contributed by atoms with van der Waals surface area (Å²) in [6.07, 6.45) is 4.82. The van der Waals surface area contributed by atoms with Crippen molar-refractivity contribution in [2.24, 2.45) is 5.73 Å². The first-order valence-electron chi connectivity index (χ1n) is 6.17. The lowest BCUT2D eigenvalue weighted by Gasteiger charge is -2.16. The third-order valence-corrected chi connectivity index (χ3v) is 2.96. The maximum atomic E-state index is 6.30. The van der Waals surface area contributed by atoms with Gasteiger partial charge in [0.2, 0.25) is 0 Å². The lowest BCUT2D eigenvalue weighted by atomic mass is 10.1. The molecule has 0 saturated carbocycles. The highest BCUT2D eigenvalue weighted by atomic mass is 16.5. The molecule has 2 aromatic rings. The molecule has 0 amide bonds. The Morgan fingerprint density at radius 3 is 2.89 bits per heavy atom. The minimum atomic E-state index is -0.261. The van der Waals surface area contributed by atoms with Gasteiger partial charge in [-0.15, -0.1) is 0 Å². The zero-order valence-corrected chi connectivity index (χ0v) is 10.8. The molecule has 0 aliphatic carbocycles. The van der Waals surface area contributed by atoms with Gasteiger partial charge in [0.25, 0.3) is 0 Å². The van der Waals surface area contributed by atoms with Gasteiger partial charge in [0, 0.05) is 24.5 Å². The average Bonchev–Trinajstić information content (AvgIpc) is 2.86. The lowest BCUT2D eigenvalue weighted by Crippen LogP contribution is -2.18. The molecule has 1 atom stereocenters. The van der Waals surface area contributed by atoms with Crippen LogP contribution in [0.3, 0.4) is 0 Å². The van der Waals surface area contributed by atoms with Crippen molar-refractivity contribution in [2.45, 2.75) is 25.9 Å². The molecule has 0 fully saturated rings. The van der Waals surface area contributed by atoms with Crippen molar-refractivity contribution in [3.05, 3.63) is 48.0 Å². The maximum absolute atomic E-state index is 6.30. The van der Waals surface area contributed by atoms with Gasteiger partial charge in [-0.2, -0.15) is 0 Å². The van der Waals surface area contributed by atoms with Crippen LogP contribution in [-0.2, 0) is 6.54 Å². The van der Waals surface area contributed by atoms with Crippen molar-refractivity contribution in [3.63, 3.8) is 0 Å². The third kappa shape index (κ3) is 2.38.